The Labute approximate surface area is 75.4 Å². The molecule has 0 amide bonds. The summed E-state index contributed by atoms with van der Waals surface area (Å²) >= 11 is 7.84. The molecule has 1 unspecified atom stereocenters. The lowest BCUT2D eigenvalue weighted by Crippen LogP contribution is -1.95. The highest BCUT2D eigenvalue weighted by atomic mass is 32.2. The Morgan fingerprint density at radius 2 is 2.60 bits per heavy atom. The van der Waals surface area contributed by atoms with E-state index in [-0.39, 0.29) is 0 Å². The average molecular weight is 190 g/mol. The Hall–Kier alpha value is 0.400. The molecule has 0 aliphatic heterocycles. The second-order valence-electron chi connectivity index (χ2n) is 2.07. The molecule has 1 aromatic rings. The Balaban J connectivity index is 2.40. The lowest BCUT2D eigenvalue weighted by atomic mass is 10.6. The van der Waals surface area contributed by atoms with E-state index in [2.05, 4.69) is 36.4 Å². The van der Waals surface area contributed by atoms with E-state index < -0.39 is 0 Å². The summed E-state index contributed by atoms with van der Waals surface area (Å²) in [6.45, 7) is 2.19. The van der Waals surface area contributed by atoms with Crippen molar-refractivity contribution in [2.75, 3.05) is 5.75 Å². The van der Waals surface area contributed by atoms with Gasteiger partial charge in [0.25, 0.3) is 0 Å². The van der Waals surface area contributed by atoms with Gasteiger partial charge in [-0.15, -0.1) is 11.8 Å². The fraction of sp³-hybridized carbons (Fsp3) is 0.429. The Kier molecular flexibility index (Phi) is 3.66. The van der Waals surface area contributed by atoms with Gasteiger partial charge in [-0.25, -0.2) is 0 Å². The third-order valence-corrected chi connectivity index (χ3v) is 3.81. The zero-order valence-corrected chi connectivity index (χ0v) is 8.31. The summed E-state index contributed by atoms with van der Waals surface area (Å²) < 4.78 is 0. The molecule has 1 heterocycles. The van der Waals surface area contributed by atoms with Crippen molar-refractivity contribution in [2.24, 2.45) is 0 Å². The monoisotopic (exact) mass is 190 g/mol. The number of rotatable bonds is 3. The van der Waals surface area contributed by atoms with E-state index in [1.807, 2.05) is 11.8 Å². The Morgan fingerprint density at radius 1 is 1.80 bits per heavy atom. The summed E-state index contributed by atoms with van der Waals surface area (Å²) in [6, 6.07) is 2.15. The van der Waals surface area contributed by atoms with E-state index in [1.165, 1.54) is 4.90 Å². The van der Waals surface area contributed by atoms with Crippen LogP contribution in [0, 0.1) is 0 Å². The maximum absolute atomic E-state index is 4.21. The molecule has 0 aromatic carbocycles. The van der Waals surface area contributed by atoms with E-state index in [9.17, 15) is 0 Å². The van der Waals surface area contributed by atoms with Crippen LogP contribution in [0.1, 0.15) is 6.92 Å². The zero-order valence-electron chi connectivity index (χ0n) is 5.78. The average Bonchev–Trinajstić information content (AvgIpc) is 2.40. The molecule has 56 valence electrons. The molecule has 1 rings (SSSR count). The second kappa shape index (κ2) is 4.31. The van der Waals surface area contributed by atoms with Crippen molar-refractivity contribution in [2.45, 2.75) is 17.1 Å². The summed E-state index contributed by atoms with van der Waals surface area (Å²) in [6.07, 6.45) is 0. The molecule has 0 spiro atoms. The minimum atomic E-state index is 0.623. The molecule has 0 N–H and O–H groups in total. The molecule has 0 saturated carbocycles. The predicted octanol–water partition coefficient (Wildman–Crippen LogP) is 3.16. The van der Waals surface area contributed by atoms with Gasteiger partial charge in [0.15, 0.2) is 0 Å². The molecule has 0 aliphatic rings. The molecule has 0 saturated heterocycles. The fourth-order valence-electron chi connectivity index (χ4n) is 0.589. The van der Waals surface area contributed by atoms with E-state index in [1.54, 1.807) is 11.3 Å². The minimum Gasteiger partial charge on any atom is -0.178 e. The number of hydrogen-bond donors (Lipinski definition) is 1. The maximum Gasteiger partial charge on any atom is 0.0182 e. The number of thiol groups is 1. The van der Waals surface area contributed by atoms with E-state index in [0.717, 1.165) is 5.75 Å². The summed E-state index contributed by atoms with van der Waals surface area (Å²) in [4.78, 5) is 1.37. The fourth-order valence-corrected chi connectivity index (χ4v) is 2.49. The van der Waals surface area contributed by atoms with Crippen LogP contribution in [0.4, 0.5) is 0 Å². The minimum absolute atomic E-state index is 0.623. The van der Waals surface area contributed by atoms with Crippen molar-refractivity contribution >= 4 is 35.7 Å². The van der Waals surface area contributed by atoms with Crippen molar-refractivity contribution in [1.29, 1.82) is 0 Å². The summed E-state index contributed by atoms with van der Waals surface area (Å²) in [5, 5.41) is 4.90. The first-order valence-corrected chi connectivity index (χ1v) is 5.58. The molecule has 0 bridgehead atoms. The van der Waals surface area contributed by atoms with Crippen LogP contribution < -0.4 is 0 Å². The zero-order chi connectivity index (χ0) is 7.40. The first kappa shape index (κ1) is 8.50. The van der Waals surface area contributed by atoms with E-state index in [0.29, 0.717) is 5.25 Å². The van der Waals surface area contributed by atoms with Gasteiger partial charge in [-0.3, -0.25) is 0 Å². The molecule has 10 heavy (non-hydrogen) atoms. The molecular weight excluding hydrogens is 180 g/mol. The van der Waals surface area contributed by atoms with Gasteiger partial charge in [0.1, 0.15) is 0 Å². The van der Waals surface area contributed by atoms with Gasteiger partial charge in [0, 0.05) is 21.3 Å². The molecular formula is C7H10S3. The van der Waals surface area contributed by atoms with Crippen LogP contribution in [0.3, 0.4) is 0 Å². The topological polar surface area (TPSA) is 0 Å². The SMILES string of the molecule is CC(CS)Sc1ccsc1. The van der Waals surface area contributed by atoms with Crippen LogP contribution in [0.25, 0.3) is 0 Å². The number of thioether (sulfide) groups is 1. The molecule has 1 aromatic heterocycles. The van der Waals surface area contributed by atoms with Gasteiger partial charge < -0.3 is 0 Å². The van der Waals surface area contributed by atoms with Crippen molar-refractivity contribution in [3.63, 3.8) is 0 Å². The standard InChI is InChI=1S/C7H10S3/c1-6(4-8)10-7-2-3-9-5-7/h2-3,5-6,8H,4H2,1H3. The van der Waals surface area contributed by atoms with Crippen molar-refractivity contribution < 1.29 is 0 Å². The molecule has 1 atom stereocenters. The van der Waals surface area contributed by atoms with Gasteiger partial charge >= 0.3 is 0 Å². The summed E-state index contributed by atoms with van der Waals surface area (Å²) in [5.74, 6) is 0.945. The normalized spacial score (nSPS) is 13.4. The summed E-state index contributed by atoms with van der Waals surface area (Å²) in [7, 11) is 0. The van der Waals surface area contributed by atoms with Crippen LogP contribution in [0.5, 0.6) is 0 Å². The van der Waals surface area contributed by atoms with Crippen molar-refractivity contribution in [3.05, 3.63) is 16.8 Å². The quantitative estimate of drug-likeness (QED) is 0.564. The Bertz CT molecular complexity index is 169. The third kappa shape index (κ3) is 2.56. The molecule has 0 fully saturated rings. The largest absolute Gasteiger partial charge is 0.178 e. The molecule has 0 nitrogen and oxygen atoms in total. The van der Waals surface area contributed by atoms with Gasteiger partial charge in [-0.1, -0.05) is 6.92 Å². The maximum atomic E-state index is 4.21. The molecule has 0 aliphatic carbocycles. The highest BCUT2D eigenvalue weighted by Crippen LogP contribution is 2.25. The first-order chi connectivity index (χ1) is 4.83. The van der Waals surface area contributed by atoms with Gasteiger partial charge in [0.2, 0.25) is 0 Å². The van der Waals surface area contributed by atoms with Crippen LogP contribution in [0.2, 0.25) is 0 Å². The Morgan fingerprint density at radius 3 is 3.10 bits per heavy atom. The molecule has 3 heteroatoms. The molecule has 0 radical (unpaired) electrons. The van der Waals surface area contributed by atoms with E-state index >= 15 is 0 Å². The van der Waals surface area contributed by atoms with E-state index in [4.69, 9.17) is 0 Å². The van der Waals surface area contributed by atoms with Crippen LogP contribution >= 0.6 is 35.7 Å². The predicted molar refractivity (Wildman–Crippen MR) is 53.5 cm³/mol. The van der Waals surface area contributed by atoms with Crippen LogP contribution in [-0.2, 0) is 0 Å². The first-order valence-electron chi connectivity index (χ1n) is 3.12. The number of thiophene rings is 1. The third-order valence-electron chi connectivity index (χ3n) is 1.09. The van der Waals surface area contributed by atoms with Crippen LogP contribution in [0.15, 0.2) is 21.7 Å². The summed E-state index contributed by atoms with van der Waals surface area (Å²) in [5.41, 5.74) is 0. The van der Waals surface area contributed by atoms with Gasteiger partial charge in [-0.2, -0.15) is 24.0 Å². The second-order valence-corrected chi connectivity index (χ2v) is 4.73. The lowest BCUT2D eigenvalue weighted by molar-refractivity contribution is 1.13. The lowest BCUT2D eigenvalue weighted by Gasteiger charge is -2.03. The van der Waals surface area contributed by atoms with Gasteiger partial charge in [-0.05, 0) is 11.4 Å². The van der Waals surface area contributed by atoms with Gasteiger partial charge in [0.05, 0.1) is 0 Å². The smallest absolute Gasteiger partial charge is 0.0182 e. The van der Waals surface area contributed by atoms with Crippen LogP contribution in [-0.4, -0.2) is 11.0 Å². The van der Waals surface area contributed by atoms with Crippen molar-refractivity contribution in [1.82, 2.24) is 0 Å². The number of hydrogen-bond acceptors (Lipinski definition) is 3. The highest BCUT2D eigenvalue weighted by molar-refractivity contribution is 8.00. The highest BCUT2D eigenvalue weighted by Gasteiger charge is 2.00. The van der Waals surface area contributed by atoms with Crippen molar-refractivity contribution in [3.8, 4) is 0 Å².